The maximum absolute atomic E-state index is 12.6. The van der Waals surface area contributed by atoms with Gasteiger partial charge in [-0.3, -0.25) is 14.9 Å². The van der Waals surface area contributed by atoms with Gasteiger partial charge in [0.15, 0.2) is 5.65 Å². The average molecular weight is 497 g/mol. The third kappa shape index (κ3) is 5.33. The van der Waals surface area contributed by atoms with Gasteiger partial charge in [-0.2, -0.15) is 9.61 Å². The lowest BCUT2D eigenvalue weighted by Crippen LogP contribution is -2.27. The molecule has 2 aromatic rings. The van der Waals surface area contributed by atoms with Crippen molar-refractivity contribution in [3.8, 4) is 0 Å². The Balaban J connectivity index is 1.36. The average Bonchev–Trinajstić information content (AvgIpc) is 3.19. The highest BCUT2D eigenvalue weighted by Crippen LogP contribution is 2.44. The zero-order valence-corrected chi connectivity index (χ0v) is 20.4. The lowest BCUT2D eigenvalue weighted by atomic mass is 10.2. The number of anilines is 1. The lowest BCUT2D eigenvalue weighted by molar-refractivity contribution is -0.117. The number of aromatic nitrogens is 3. The van der Waals surface area contributed by atoms with Gasteiger partial charge >= 0.3 is 6.03 Å². The molecule has 1 saturated heterocycles. The molecule has 1 saturated carbocycles. The predicted octanol–water partition coefficient (Wildman–Crippen LogP) is 1.61. The third-order valence-corrected chi connectivity index (χ3v) is 7.20. The van der Waals surface area contributed by atoms with Gasteiger partial charge in [0.2, 0.25) is 0 Å². The summed E-state index contributed by atoms with van der Waals surface area (Å²) in [6.45, 7) is 1.56. The minimum atomic E-state index is -0.552. The van der Waals surface area contributed by atoms with Crippen LogP contribution in [0.25, 0.3) is 11.7 Å². The normalized spacial score (nSPS) is 20.9. The summed E-state index contributed by atoms with van der Waals surface area (Å²) in [5.41, 5.74) is 2.18. The van der Waals surface area contributed by atoms with Crippen molar-refractivity contribution >= 4 is 47.1 Å². The van der Waals surface area contributed by atoms with Crippen molar-refractivity contribution in [2.75, 3.05) is 32.5 Å². The summed E-state index contributed by atoms with van der Waals surface area (Å²) < 4.78 is 1.72. The number of urea groups is 1. The van der Waals surface area contributed by atoms with Crippen molar-refractivity contribution < 1.29 is 14.4 Å². The van der Waals surface area contributed by atoms with Crippen molar-refractivity contribution in [2.45, 2.75) is 37.0 Å². The SMILES string of the molecule is CN(C)CCCNC(=O)C1=CCC(c2cc(NC3CC3)n3ncc(/C=C4\NC(=O)NC4=O)c3n2)S1. The van der Waals surface area contributed by atoms with Gasteiger partial charge in [0.1, 0.15) is 11.5 Å². The molecule has 1 unspecified atom stereocenters. The Morgan fingerprint density at radius 3 is 2.86 bits per heavy atom. The van der Waals surface area contributed by atoms with Crippen LogP contribution in [0.15, 0.2) is 28.9 Å². The van der Waals surface area contributed by atoms with E-state index in [1.165, 1.54) is 11.8 Å². The maximum atomic E-state index is 12.6. The largest absolute Gasteiger partial charge is 0.367 e. The van der Waals surface area contributed by atoms with Crippen LogP contribution in [0.1, 0.15) is 42.2 Å². The second-order valence-electron chi connectivity index (χ2n) is 9.11. The zero-order valence-electron chi connectivity index (χ0n) is 19.6. The molecule has 11 nitrogen and oxygen atoms in total. The van der Waals surface area contributed by atoms with Crippen LogP contribution in [0.5, 0.6) is 0 Å². The Bertz CT molecular complexity index is 1250. The summed E-state index contributed by atoms with van der Waals surface area (Å²) in [7, 11) is 4.03. The van der Waals surface area contributed by atoms with E-state index in [1.54, 1.807) is 16.8 Å². The summed E-state index contributed by atoms with van der Waals surface area (Å²) in [5, 5.41) is 15.7. The van der Waals surface area contributed by atoms with E-state index in [1.807, 2.05) is 26.2 Å². The van der Waals surface area contributed by atoms with Crippen molar-refractivity contribution in [3.05, 3.63) is 40.2 Å². The molecule has 2 aliphatic heterocycles. The Kier molecular flexibility index (Phi) is 6.48. The minimum Gasteiger partial charge on any atom is -0.367 e. The number of hydrogen-bond donors (Lipinski definition) is 4. The molecular formula is C23H28N8O3S. The van der Waals surface area contributed by atoms with Crippen molar-refractivity contribution in [1.82, 2.24) is 35.4 Å². The van der Waals surface area contributed by atoms with Gasteiger partial charge in [0.25, 0.3) is 11.8 Å². The molecule has 4 heterocycles. The molecule has 0 radical (unpaired) electrons. The molecule has 0 aromatic carbocycles. The first-order valence-electron chi connectivity index (χ1n) is 11.7. The van der Waals surface area contributed by atoms with E-state index in [9.17, 15) is 14.4 Å². The van der Waals surface area contributed by atoms with Crippen LogP contribution in [-0.4, -0.2) is 70.6 Å². The molecule has 184 valence electrons. The number of nitrogens with one attached hydrogen (secondary N) is 4. The molecule has 12 heteroatoms. The van der Waals surface area contributed by atoms with E-state index < -0.39 is 11.9 Å². The first-order chi connectivity index (χ1) is 16.9. The quantitative estimate of drug-likeness (QED) is 0.234. The number of rotatable bonds is 9. The maximum Gasteiger partial charge on any atom is 0.326 e. The van der Waals surface area contributed by atoms with Crippen molar-refractivity contribution in [3.63, 3.8) is 0 Å². The molecule has 1 aliphatic carbocycles. The smallest absolute Gasteiger partial charge is 0.326 e. The molecule has 0 bridgehead atoms. The van der Waals surface area contributed by atoms with Crippen LogP contribution >= 0.6 is 11.8 Å². The molecule has 35 heavy (non-hydrogen) atoms. The van der Waals surface area contributed by atoms with Gasteiger partial charge in [-0.05, 0) is 52.4 Å². The Morgan fingerprint density at radius 2 is 2.14 bits per heavy atom. The fraction of sp³-hybridized carbons (Fsp3) is 0.435. The van der Waals surface area contributed by atoms with Crippen LogP contribution in [0.4, 0.5) is 10.6 Å². The van der Waals surface area contributed by atoms with Gasteiger partial charge < -0.3 is 20.9 Å². The number of carbonyl (C=O) groups excluding carboxylic acids is 3. The molecular weight excluding hydrogens is 468 g/mol. The molecule has 1 atom stereocenters. The number of allylic oxidation sites excluding steroid dienone is 1. The van der Waals surface area contributed by atoms with E-state index in [0.29, 0.717) is 35.1 Å². The number of imide groups is 1. The van der Waals surface area contributed by atoms with Crippen LogP contribution in [0, 0.1) is 0 Å². The van der Waals surface area contributed by atoms with Gasteiger partial charge in [-0.25, -0.2) is 9.78 Å². The van der Waals surface area contributed by atoms with Crippen LogP contribution in [0.3, 0.4) is 0 Å². The van der Waals surface area contributed by atoms with Crippen LogP contribution < -0.4 is 21.3 Å². The number of carbonyl (C=O) groups is 3. The van der Waals surface area contributed by atoms with E-state index in [2.05, 4.69) is 31.3 Å². The van der Waals surface area contributed by atoms with Crippen molar-refractivity contribution in [2.24, 2.45) is 0 Å². The van der Waals surface area contributed by atoms with E-state index in [4.69, 9.17) is 4.98 Å². The van der Waals surface area contributed by atoms with Gasteiger partial charge in [0, 0.05) is 24.2 Å². The van der Waals surface area contributed by atoms with Crippen molar-refractivity contribution in [1.29, 1.82) is 0 Å². The monoisotopic (exact) mass is 496 g/mol. The van der Waals surface area contributed by atoms with Gasteiger partial charge in [0.05, 0.1) is 22.0 Å². The number of nitrogens with zero attached hydrogens (tertiary/aromatic N) is 4. The standard InChI is InChI=1S/C23H28N8O3S/c1-30(2)9-3-8-24-22(33)18-7-6-17(35-18)15-11-19(26-14-4-5-14)31-20(27-15)13(12-25-31)10-16-21(32)29-23(34)28-16/h7,10-12,14,17,26H,3-6,8-9H2,1-2H3,(H,24,33)(H2,28,29,32,34)/b16-10-. The fourth-order valence-corrected chi connectivity index (χ4v) is 5.03. The Morgan fingerprint density at radius 1 is 1.31 bits per heavy atom. The van der Waals surface area contributed by atoms with E-state index >= 15 is 0 Å². The highest BCUT2D eigenvalue weighted by atomic mass is 32.2. The summed E-state index contributed by atoms with van der Waals surface area (Å²) >= 11 is 1.51. The molecule has 2 fully saturated rings. The molecule has 4 N–H and O–H groups in total. The summed E-state index contributed by atoms with van der Waals surface area (Å²) in [5.74, 6) is 0.282. The Labute approximate surface area is 206 Å². The van der Waals surface area contributed by atoms with Gasteiger partial charge in [-0.15, -0.1) is 11.8 Å². The first kappa shape index (κ1) is 23.4. The molecule has 0 spiro atoms. The second kappa shape index (κ2) is 9.70. The summed E-state index contributed by atoms with van der Waals surface area (Å²) in [4.78, 5) is 43.8. The van der Waals surface area contributed by atoms with E-state index in [-0.39, 0.29) is 16.9 Å². The lowest BCUT2D eigenvalue weighted by Gasteiger charge is -2.14. The second-order valence-corrected chi connectivity index (χ2v) is 10.4. The third-order valence-electron chi connectivity index (χ3n) is 5.88. The van der Waals surface area contributed by atoms with E-state index in [0.717, 1.165) is 37.3 Å². The number of hydrogen-bond acceptors (Lipinski definition) is 8. The first-order valence-corrected chi connectivity index (χ1v) is 12.5. The predicted molar refractivity (Wildman–Crippen MR) is 133 cm³/mol. The topological polar surface area (TPSA) is 133 Å². The highest BCUT2D eigenvalue weighted by molar-refractivity contribution is 8.04. The van der Waals surface area contributed by atoms with Crippen LogP contribution in [-0.2, 0) is 9.59 Å². The zero-order chi connectivity index (χ0) is 24.5. The number of fused-ring (bicyclic) bond motifs is 1. The molecule has 3 aliphatic rings. The highest BCUT2D eigenvalue weighted by Gasteiger charge is 2.29. The Hall–Kier alpha value is -3.38. The van der Waals surface area contributed by atoms with Crippen LogP contribution in [0.2, 0.25) is 0 Å². The number of amides is 4. The summed E-state index contributed by atoms with van der Waals surface area (Å²) in [6.07, 6.45) is 8.96. The number of thioether (sulfide) groups is 1. The molecule has 4 amide bonds. The molecule has 5 rings (SSSR count). The molecule has 2 aromatic heterocycles. The summed E-state index contributed by atoms with van der Waals surface area (Å²) in [6, 6.07) is 1.84. The fourth-order valence-electron chi connectivity index (χ4n) is 3.92. The minimum absolute atomic E-state index is 0.00726. The van der Waals surface area contributed by atoms with Gasteiger partial charge in [-0.1, -0.05) is 6.08 Å².